The molecule has 3 rings (SSSR count). The molecular formula is C15H26N4. The van der Waals surface area contributed by atoms with Gasteiger partial charge in [0.2, 0.25) is 0 Å². The summed E-state index contributed by atoms with van der Waals surface area (Å²) in [5, 5.41) is 4.41. The van der Waals surface area contributed by atoms with Crippen LogP contribution in [-0.4, -0.2) is 34.3 Å². The Hall–Kier alpha value is -0.870. The Bertz CT molecular complexity index is 392. The fraction of sp³-hybridized carbons (Fsp3) is 0.800. The molecule has 4 heteroatoms. The van der Waals surface area contributed by atoms with Crippen LogP contribution in [0.15, 0.2) is 12.4 Å². The minimum absolute atomic E-state index is 0.362. The molecule has 106 valence electrons. The minimum atomic E-state index is 0.362. The summed E-state index contributed by atoms with van der Waals surface area (Å²) < 4.78 is 2.00. The van der Waals surface area contributed by atoms with Crippen LogP contribution in [-0.2, 0) is 6.54 Å². The van der Waals surface area contributed by atoms with Gasteiger partial charge in [-0.1, -0.05) is 0 Å². The number of aryl methyl sites for hydroxylation is 1. The molecule has 2 fully saturated rings. The summed E-state index contributed by atoms with van der Waals surface area (Å²) in [6.45, 7) is 6.23. The van der Waals surface area contributed by atoms with Gasteiger partial charge in [-0.3, -0.25) is 9.58 Å². The highest BCUT2D eigenvalue weighted by molar-refractivity contribution is 5.12. The lowest BCUT2D eigenvalue weighted by Gasteiger charge is -2.30. The number of aromatic nitrogens is 2. The van der Waals surface area contributed by atoms with Crippen LogP contribution in [0.5, 0.6) is 0 Å². The first-order valence-electron chi connectivity index (χ1n) is 7.76. The Morgan fingerprint density at radius 2 is 1.95 bits per heavy atom. The molecule has 2 aliphatic rings. The maximum atomic E-state index is 6.07. The number of rotatable bonds is 8. The standard InChI is InChI=1S/C15H26N4/c1-2-19-11-14(8-17-19)15(7-16)18(9-12-3-4-12)10-13-5-6-13/h8,11-13,15H,2-7,9-10,16H2,1H3. The molecule has 2 saturated carbocycles. The van der Waals surface area contributed by atoms with Crippen LogP contribution in [0, 0.1) is 11.8 Å². The molecule has 0 aromatic carbocycles. The lowest BCUT2D eigenvalue weighted by Crippen LogP contribution is -2.36. The summed E-state index contributed by atoms with van der Waals surface area (Å²) in [6, 6.07) is 0.362. The van der Waals surface area contributed by atoms with E-state index >= 15 is 0 Å². The van der Waals surface area contributed by atoms with Crippen molar-refractivity contribution in [3.05, 3.63) is 18.0 Å². The second kappa shape index (κ2) is 5.63. The maximum Gasteiger partial charge on any atom is 0.0538 e. The molecular weight excluding hydrogens is 236 g/mol. The van der Waals surface area contributed by atoms with Crippen molar-refractivity contribution in [1.82, 2.24) is 14.7 Å². The fourth-order valence-electron chi connectivity index (χ4n) is 2.81. The molecule has 4 nitrogen and oxygen atoms in total. The molecule has 0 aliphatic heterocycles. The van der Waals surface area contributed by atoms with Gasteiger partial charge in [0.15, 0.2) is 0 Å². The number of nitrogens with two attached hydrogens (primary N) is 1. The summed E-state index contributed by atoms with van der Waals surface area (Å²) in [6.07, 6.45) is 9.82. The van der Waals surface area contributed by atoms with E-state index in [1.807, 2.05) is 10.9 Å². The zero-order valence-corrected chi connectivity index (χ0v) is 12.0. The summed E-state index contributed by atoms with van der Waals surface area (Å²) in [5.41, 5.74) is 7.37. The van der Waals surface area contributed by atoms with E-state index in [-0.39, 0.29) is 0 Å². The van der Waals surface area contributed by atoms with Crippen molar-refractivity contribution >= 4 is 0 Å². The van der Waals surface area contributed by atoms with Crippen LogP contribution in [0.1, 0.15) is 44.2 Å². The van der Waals surface area contributed by atoms with E-state index in [2.05, 4.69) is 23.1 Å². The van der Waals surface area contributed by atoms with E-state index in [1.54, 1.807) is 0 Å². The van der Waals surface area contributed by atoms with Crippen molar-refractivity contribution < 1.29 is 0 Å². The van der Waals surface area contributed by atoms with Crippen LogP contribution < -0.4 is 5.73 Å². The predicted octanol–water partition coefficient (Wildman–Crippen LogP) is 2.02. The molecule has 2 aliphatic carbocycles. The molecule has 0 amide bonds. The van der Waals surface area contributed by atoms with Gasteiger partial charge in [0, 0.05) is 37.9 Å². The molecule has 19 heavy (non-hydrogen) atoms. The smallest absolute Gasteiger partial charge is 0.0538 e. The third-order valence-electron chi connectivity index (χ3n) is 4.41. The average molecular weight is 262 g/mol. The van der Waals surface area contributed by atoms with Crippen molar-refractivity contribution in [2.24, 2.45) is 17.6 Å². The van der Waals surface area contributed by atoms with Crippen LogP contribution >= 0.6 is 0 Å². The number of hydrogen-bond acceptors (Lipinski definition) is 3. The number of nitrogens with zero attached hydrogens (tertiary/aromatic N) is 3. The maximum absolute atomic E-state index is 6.07. The Morgan fingerprint density at radius 1 is 1.32 bits per heavy atom. The van der Waals surface area contributed by atoms with Gasteiger partial charge in [0.25, 0.3) is 0 Å². The SMILES string of the molecule is CCn1cc(C(CN)N(CC2CC2)CC2CC2)cn1. The lowest BCUT2D eigenvalue weighted by atomic mass is 10.1. The molecule has 1 heterocycles. The van der Waals surface area contributed by atoms with E-state index in [0.29, 0.717) is 12.6 Å². The summed E-state index contributed by atoms with van der Waals surface area (Å²) in [7, 11) is 0. The molecule has 1 unspecified atom stereocenters. The van der Waals surface area contributed by atoms with Gasteiger partial charge < -0.3 is 5.73 Å². The Labute approximate surface area is 116 Å². The third kappa shape index (κ3) is 3.37. The van der Waals surface area contributed by atoms with Crippen molar-refractivity contribution in [3.8, 4) is 0 Å². The average Bonchev–Trinajstić information content (AvgIpc) is 3.33. The zero-order chi connectivity index (χ0) is 13.2. The summed E-state index contributed by atoms with van der Waals surface area (Å²) in [5.74, 6) is 1.85. The zero-order valence-electron chi connectivity index (χ0n) is 12.0. The lowest BCUT2D eigenvalue weighted by molar-refractivity contribution is 0.184. The third-order valence-corrected chi connectivity index (χ3v) is 4.41. The summed E-state index contributed by atoms with van der Waals surface area (Å²) >= 11 is 0. The van der Waals surface area contributed by atoms with Gasteiger partial charge in [0.05, 0.1) is 12.2 Å². The van der Waals surface area contributed by atoms with Crippen molar-refractivity contribution in [2.45, 2.75) is 45.2 Å². The monoisotopic (exact) mass is 262 g/mol. The highest BCUT2D eigenvalue weighted by Crippen LogP contribution is 2.36. The molecule has 0 radical (unpaired) electrons. The van der Waals surface area contributed by atoms with Gasteiger partial charge in [-0.05, 0) is 44.4 Å². The topological polar surface area (TPSA) is 47.1 Å². The molecule has 0 bridgehead atoms. The van der Waals surface area contributed by atoms with Crippen LogP contribution in [0.25, 0.3) is 0 Å². The molecule has 0 saturated heterocycles. The first-order valence-corrected chi connectivity index (χ1v) is 7.76. The molecule has 0 spiro atoms. The van der Waals surface area contributed by atoms with E-state index in [1.165, 1.54) is 44.3 Å². The van der Waals surface area contributed by atoms with Gasteiger partial charge in [-0.15, -0.1) is 0 Å². The van der Waals surface area contributed by atoms with E-state index < -0.39 is 0 Å². The van der Waals surface area contributed by atoms with Crippen LogP contribution in [0.3, 0.4) is 0 Å². The minimum Gasteiger partial charge on any atom is -0.329 e. The van der Waals surface area contributed by atoms with Crippen LogP contribution in [0.4, 0.5) is 0 Å². The molecule has 1 aromatic heterocycles. The number of hydrogen-bond donors (Lipinski definition) is 1. The van der Waals surface area contributed by atoms with E-state index in [9.17, 15) is 0 Å². The van der Waals surface area contributed by atoms with Crippen LogP contribution in [0.2, 0.25) is 0 Å². The van der Waals surface area contributed by atoms with Gasteiger partial charge in [0.1, 0.15) is 0 Å². The van der Waals surface area contributed by atoms with E-state index in [0.717, 1.165) is 18.4 Å². The second-order valence-electron chi connectivity index (χ2n) is 6.22. The first kappa shape index (κ1) is 13.1. The van der Waals surface area contributed by atoms with Crippen molar-refractivity contribution in [2.75, 3.05) is 19.6 Å². The fourth-order valence-corrected chi connectivity index (χ4v) is 2.81. The molecule has 1 aromatic rings. The second-order valence-corrected chi connectivity index (χ2v) is 6.22. The largest absolute Gasteiger partial charge is 0.329 e. The Kier molecular flexibility index (Phi) is 3.89. The van der Waals surface area contributed by atoms with Crippen molar-refractivity contribution in [3.63, 3.8) is 0 Å². The molecule has 1 atom stereocenters. The molecule has 2 N–H and O–H groups in total. The summed E-state index contributed by atoms with van der Waals surface area (Å²) in [4.78, 5) is 2.63. The normalized spacial score (nSPS) is 21.0. The quantitative estimate of drug-likeness (QED) is 0.779. The highest BCUT2D eigenvalue weighted by atomic mass is 15.3. The first-order chi connectivity index (χ1) is 9.30. The van der Waals surface area contributed by atoms with Gasteiger partial charge in [-0.2, -0.15) is 5.10 Å². The Morgan fingerprint density at radius 3 is 2.37 bits per heavy atom. The highest BCUT2D eigenvalue weighted by Gasteiger charge is 2.33. The van der Waals surface area contributed by atoms with E-state index in [4.69, 9.17) is 5.73 Å². The predicted molar refractivity (Wildman–Crippen MR) is 76.7 cm³/mol. The van der Waals surface area contributed by atoms with Gasteiger partial charge in [-0.25, -0.2) is 0 Å². The van der Waals surface area contributed by atoms with Crippen molar-refractivity contribution in [1.29, 1.82) is 0 Å². The Balaban J connectivity index is 1.71. The van der Waals surface area contributed by atoms with Gasteiger partial charge >= 0.3 is 0 Å².